The lowest BCUT2D eigenvalue weighted by molar-refractivity contribution is 0.0600. The summed E-state index contributed by atoms with van der Waals surface area (Å²) in [6.07, 6.45) is 0. The summed E-state index contributed by atoms with van der Waals surface area (Å²) in [7, 11) is 4.85. The van der Waals surface area contributed by atoms with E-state index in [4.69, 9.17) is 0 Å². The van der Waals surface area contributed by atoms with Crippen LogP contribution in [0.25, 0.3) is 0 Å². The van der Waals surface area contributed by atoms with Gasteiger partial charge in [-0.25, -0.2) is 9.79 Å². The first-order chi connectivity index (χ1) is 11.0. The molecule has 0 aromatic heterocycles. The lowest BCUT2D eigenvalue weighted by Crippen LogP contribution is -2.30. The zero-order valence-corrected chi connectivity index (χ0v) is 13.3. The van der Waals surface area contributed by atoms with Crippen molar-refractivity contribution in [3.05, 3.63) is 65.7 Å². The Morgan fingerprint density at radius 1 is 0.913 bits per heavy atom. The number of hydrogen-bond donors (Lipinski definition) is 0. The molecule has 5 heteroatoms. The van der Waals surface area contributed by atoms with Crippen molar-refractivity contribution in [2.75, 3.05) is 21.2 Å². The number of rotatable bonds is 4. The van der Waals surface area contributed by atoms with E-state index in [1.165, 1.54) is 7.11 Å². The van der Waals surface area contributed by atoms with Crippen LogP contribution >= 0.6 is 0 Å². The highest BCUT2D eigenvalue weighted by Gasteiger charge is 2.17. The molecule has 0 N–H and O–H groups in total. The summed E-state index contributed by atoms with van der Waals surface area (Å²) < 4.78 is 4.65. The van der Waals surface area contributed by atoms with Gasteiger partial charge in [0.25, 0.3) is 0 Å². The van der Waals surface area contributed by atoms with Crippen LogP contribution < -0.4 is 0 Å². The minimum absolute atomic E-state index is 0.213. The van der Waals surface area contributed by atoms with E-state index < -0.39 is 5.97 Å². The third-order valence-electron chi connectivity index (χ3n) is 3.19. The van der Waals surface area contributed by atoms with Crippen molar-refractivity contribution in [2.24, 2.45) is 4.99 Å². The first kappa shape index (κ1) is 16.4. The molecule has 0 aliphatic carbocycles. The summed E-state index contributed by atoms with van der Waals surface area (Å²) >= 11 is 0. The van der Waals surface area contributed by atoms with Crippen molar-refractivity contribution in [2.45, 2.75) is 0 Å². The predicted octanol–water partition coefficient (Wildman–Crippen LogP) is 2.95. The number of carbonyl (C=O) groups is 2. The molecule has 5 nitrogen and oxygen atoms in total. The number of Topliss-reactive ketones (excluding diaryl/α,β-unsaturated/α-hetero) is 1. The monoisotopic (exact) mass is 310 g/mol. The minimum atomic E-state index is -0.435. The van der Waals surface area contributed by atoms with Crippen LogP contribution in [-0.2, 0) is 4.74 Å². The number of hydrogen-bond acceptors (Lipinski definition) is 4. The van der Waals surface area contributed by atoms with Gasteiger partial charge in [-0.2, -0.15) is 0 Å². The number of ether oxygens (including phenoxy) is 1. The average molecular weight is 310 g/mol. The fraction of sp³-hybridized carbons (Fsp3) is 0.167. The van der Waals surface area contributed by atoms with Gasteiger partial charge in [0, 0.05) is 19.7 Å². The SMILES string of the molecule is COC(=O)c1ccc(C(=O)C(=Nc2ccccc2)N(C)C)cc1. The zero-order chi connectivity index (χ0) is 16.8. The summed E-state index contributed by atoms with van der Waals surface area (Å²) in [6, 6.07) is 15.6. The normalized spacial score (nSPS) is 11.0. The van der Waals surface area contributed by atoms with Crippen LogP contribution in [0, 0.1) is 0 Å². The lowest BCUT2D eigenvalue weighted by Gasteiger charge is -2.15. The van der Waals surface area contributed by atoms with Crippen molar-refractivity contribution in [1.29, 1.82) is 0 Å². The van der Waals surface area contributed by atoms with Gasteiger partial charge in [-0.15, -0.1) is 0 Å². The molecule has 0 unspecified atom stereocenters. The smallest absolute Gasteiger partial charge is 0.337 e. The highest BCUT2D eigenvalue weighted by Crippen LogP contribution is 2.14. The summed E-state index contributed by atoms with van der Waals surface area (Å²) in [5.74, 6) is -0.327. The van der Waals surface area contributed by atoms with Crippen LogP contribution in [0.3, 0.4) is 0 Å². The van der Waals surface area contributed by atoms with Crippen molar-refractivity contribution < 1.29 is 14.3 Å². The van der Waals surface area contributed by atoms with Gasteiger partial charge < -0.3 is 9.64 Å². The maximum absolute atomic E-state index is 12.7. The van der Waals surface area contributed by atoms with Crippen LogP contribution in [0.5, 0.6) is 0 Å². The van der Waals surface area contributed by atoms with E-state index >= 15 is 0 Å². The quantitative estimate of drug-likeness (QED) is 0.377. The molecule has 0 saturated heterocycles. The van der Waals surface area contributed by atoms with Crippen LogP contribution in [0.15, 0.2) is 59.6 Å². The standard InChI is InChI=1S/C18H18N2O3/c1-20(2)17(19-15-7-5-4-6-8-15)16(21)13-9-11-14(12-10-13)18(22)23-3/h4-12H,1-3H3. The van der Waals surface area contributed by atoms with E-state index in [0.29, 0.717) is 22.6 Å². The second-order valence-electron chi connectivity index (χ2n) is 5.06. The van der Waals surface area contributed by atoms with Gasteiger partial charge in [-0.3, -0.25) is 4.79 Å². The first-order valence-corrected chi connectivity index (χ1v) is 7.07. The fourth-order valence-corrected chi connectivity index (χ4v) is 1.98. The highest BCUT2D eigenvalue weighted by molar-refractivity contribution is 6.45. The molecular formula is C18H18N2O3. The van der Waals surface area contributed by atoms with Crippen LogP contribution in [0.1, 0.15) is 20.7 Å². The molecule has 0 aliphatic rings. The van der Waals surface area contributed by atoms with Gasteiger partial charge in [0.05, 0.1) is 18.4 Å². The Morgan fingerprint density at radius 3 is 2.00 bits per heavy atom. The molecule has 23 heavy (non-hydrogen) atoms. The third-order valence-corrected chi connectivity index (χ3v) is 3.19. The molecule has 0 fully saturated rings. The Labute approximate surface area is 135 Å². The van der Waals surface area contributed by atoms with Crippen molar-refractivity contribution in [1.82, 2.24) is 4.90 Å². The van der Waals surface area contributed by atoms with Gasteiger partial charge >= 0.3 is 5.97 Å². The largest absolute Gasteiger partial charge is 0.465 e. The molecule has 118 valence electrons. The summed E-state index contributed by atoms with van der Waals surface area (Å²) in [4.78, 5) is 30.2. The fourth-order valence-electron chi connectivity index (χ4n) is 1.98. The molecule has 2 aromatic rings. The Morgan fingerprint density at radius 2 is 1.48 bits per heavy atom. The summed E-state index contributed by atoms with van der Waals surface area (Å²) in [5, 5.41) is 0. The summed E-state index contributed by atoms with van der Waals surface area (Å²) in [6.45, 7) is 0. The van der Waals surface area contributed by atoms with Gasteiger partial charge in [0.15, 0.2) is 5.84 Å². The Kier molecular flexibility index (Phi) is 5.25. The van der Waals surface area contributed by atoms with E-state index in [0.717, 1.165) is 0 Å². The van der Waals surface area contributed by atoms with Crippen molar-refractivity contribution in [3.8, 4) is 0 Å². The molecule has 0 heterocycles. The van der Waals surface area contributed by atoms with E-state index in [-0.39, 0.29) is 5.78 Å². The molecule has 2 aromatic carbocycles. The van der Waals surface area contributed by atoms with E-state index in [9.17, 15) is 9.59 Å². The van der Waals surface area contributed by atoms with Crippen LogP contribution in [0.2, 0.25) is 0 Å². The Balaban J connectivity index is 2.32. The predicted molar refractivity (Wildman–Crippen MR) is 89.3 cm³/mol. The molecule has 0 bridgehead atoms. The molecule has 0 aliphatic heterocycles. The lowest BCUT2D eigenvalue weighted by atomic mass is 10.1. The Bertz CT molecular complexity index is 720. The minimum Gasteiger partial charge on any atom is -0.465 e. The number of methoxy groups -OCH3 is 1. The van der Waals surface area contributed by atoms with Gasteiger partial charge in [-0.05, 0) is 24.3 Å². The number of carbonyl (C=O) groups excluding carboxylic acids is 2. The maximum Gasteiger partial charge on any atom is 0.337 e. The number of esters is 1. The van der Waals surface area contributed by atoms with Crippen LogP contribution in [0.4, 0.5) is 5.69 Å². The molecule has 0 amide bonds. The Hall–Kier alpha value is -2.95. The van der Waals surface area contributed by atoms with Gasteiger partial charge in [0.2, 0.25) is 5.78 Å². The number of nitrogens with zero attached hydrogens (tertiary/aromatic N) is 2. The molecular weight excluding hydrogens is 292 g/mol. The van der Waals surface area contributed by atoms with Gasteiger partial charge in [0.1, 0.15) is 0 Å². The number of likely N-dealkylation sites (N-methyl/N-ethyl adjacent to an activating group) is 1. The third kappa shape index (κ3) is 4.03. The van der Waals surface area contributed by atoms with Crippen molar-refractivity contribution >= 4 is 23.3 Å². The second kappa shape index (κ2) is 7.35. The maximum atomic E-state index is 12.7. The average Bonchev–Trinajstić information content (AvgIpc) is 2.59. The number of aliphatic imine (C=N–C) groups is 1. The zero-order valence-electron chi connectivity index (χ0n) is 13.3. The van der Waals surface area contributed by atoms with Gasteiger partial charge in [-0.1, -0.05) is 30.3 Å². The van der Waals surface area contributed by atoms with E-state index in [2.05, 4.69) is 9.73 Å². The number of amidine groups is 1. The topological polar surface area (TPSA) is 59.0 Å². The number of ketones is 1. The first-order valence-electron chi connectivity index (χ1n) is 7.07. The molecule has 2 rings (SSSR count). The number of para-hydroxylation sites is 1. The molecule has 0 atom stereocenters. The van der Waals surface area contributed by atoms with E-state index in [1.54, 1.807) is 43.3 Å². The summed E-state index contributed by atoms with van der Waals surface area (Å²) in [5.41, 5.74) is 1.56. The van der Waals surface area contributed by atoms with E-state index in [1.807, 2.05) is 30.3 Å². The second-order valence-corrected chi connectivity index (χ2v) is 5.06. The molecule has 0 radical (unpaired) electrons. The number of benzene rings is 2. The molecule has 0 saturated carbocycles. The highest BCUT2D eigenvalue weighted by atomic mass is 16.5. The molecule has 0 spiro atoms. The van der Waals surface area contributed by atoms with Crippen molar-refractivity contribution in [3.63, 3.8) is 0 Å². The van der Waals surface area contributed by atoms with Crippen LogP contribution in [-0.4, -0.2) is 43.7 Å².